The number of carbonyl (C=O) groups excluding carboxylic acids is 2. The highest BCUT2D eigenvalue weighted by atomic mass is 16.5. The molecule has 1 aromatic carbocycles. The van der Waals surface area contributed by atoms with Crippen LogP contribution in [0.25, 0.3) is 0 Å². The molecule has 0 heterocycles. The van der Waals surface area contributed by atoms with E-state index >= 15 is 0 Å². The Labute approximate surface area is 107 Å². The molecule has 4 heteroatoms. The molecule has 0 spiro atoms. The van der Waals surface area contributed by atoms with E-state index in [1.54, 1.807) is 6.92 Å². The van der Waals surface area contributed by atoms with Crippen molar-refractivity contribution in [2.45, 2.75) is 25.2 Å². The van der Waals surface area contributed by atoms with Crippen molar-refractivity contribution in [1.29, 1.82) is 0 Å². The Hall–Kier alpha value is -1.84. The quantitative estimate of drug-likeness (QED) is 0.751. The van der Waals surface area contributed by atoms with Gasteiger partial charge in [0.15, 0.2) is 0 Å². The van der Waals surface area contributed by atoms with Crippen molar-refractivity contribution < 1.29 is 19.1 Å². The third-order valence-corrected chi connectivity index (χ3v) is 3.10. The van der Waals surface area contributed by atoms with Crippen LogP contribution >= 0.6 is 0 Å². The van der Waals surface area contributed by atoms with Gasteiger partial charge in [-0.15, -0.1) is 0 Å². The Morgan fingerprint density at radius 3 is 2.22 bits per heavy atom. The van der Waals surface area contributed by atoms with E-state index < -0.39 is 5.41 Å². The number of esters is 2. The highest BCUT2D eigenvalue weighted by Gasteiger charge is 2.36. The van der Waals surface area contributed by atoms with Crippen molar-refractivity contribution >= 4 is 11.9 Å². The molecule has 1 rings (SSSR count). The zero-order valence-corrected chi connectivity index (χ0v) is 10.9. The van der Waals surface area contributed by atoms with Gasteiger partial charge in [0.2, 0.25) is 0 Å². The first kappa shape index (κ1) is 14.2. The summed E-state index contributed by atoms with van der Waals surface area (Å²) in [7, 11) is 2.68. The van der Waals surface area contributed by atoms with E-state index in [1.807, 2.05) is 30.3 Å². The summed E-state index contributed by atoms with van der Waals surface area (Å²) in [4.78, 5) is 23.2. The maximum atomic E-state index is 12.0. The Morgan fingerprint density at radius 2 is 1.72 bits per heavy atom. The largest absolute Gasteiger partial charge is 0.469 e. The minimum atomic E-state index is -0.829. The number of benzene rings is 1. The van der Waals surface area contributed by atoms with Crippen molar-refractivity contribution in [2.75, 3.05) is 14.2 Å². The van der Waals surface area contributed by atoms with Crippen molar-refractivity contribution in [2.24, 2.45) is 0 Å². The first-order chi connectivity index (χ1) is 8.54. The van der Waals surface area contributed by atoms with E-state index in [9.17, 15) is 9.59 Å². The topological polar surface area (TPSA) is 52.6 Å². The molecule has 0 aliphatic heterocycles. The van der Waals surface area contributed by atoms with Crippen molar-refractivity contribution in [3.8, 4) is 0 Å². The first-order valence-electron chi connectivity index (χ1n) is 5.75. The number of rotatable bonds is 5. The first-order valence-corrected chi connectivity index (χ1v) is 5.75. The summed E-state index contributed by atoms with van der Waals surface area (Å²) < 4.78 is 9.45. The van der Waals surface area contributed by atoms with Gasteiger partial charge >= 0.3 is 11.9 Å². The molecule has 1 atom stereocenters. The number of ether oxygens (including phenoxy) is 2. The van der Waals surface area contributed by atoms with Crippen LogP contribution in [0.4, 0.5) is 0 Å². The summed E-state index contributed by atoms with van der Waals surface area (Å²) in [5.41, 5.74) is 0.00486. The van der Waals surface area contributed by atoms with Gasteiger partial charge < -0.3 is 9.47 Å². The number of methoxy groups -OCH3 is 2. The monoisotopic (exact) mass is 250 g/mol. The second kappa shape index (κ2) is 6.19. The standard InChI is InChI=1S/C14H18O4/c1-14(13(16)18-3,10-9-12(15)17-2)11-7-5-4-6-8-11/h4-8H,9-10H2,1-3H3/t14-/m0/s1. The minimum absolute atomic E-state index is 0.178. The van der Waals surface area contributed by atoms with E-state index in [-0.39, 0.29) is 18.4 Å². The van der Waals surface area contributed by atoms with Crippen molar-refractivity contribution in [3.05, 3.63) is 35.9 Å². The van der Waals surface area contributed by atoms with Crippen LogP contribution in [0, 0.1) is 0 Å². The van der Waals surface area contributed by atoms with Crippen LogP contribution in [0.5, 0.6) is 0 Å². The Bertz CT molecular complexity index is 413. The molecule has 0 saturated heterocycles. The smallest absolute Gasteiger partial charge is 0.316 e. The summed E-state index contributed by atoms with van der Waals surface area (Å²) in [6, 6.07) is 9.30. The lowest BCUT2D eigenvalue weighted by Gasteiger charge is -2.26. The third-order valence-electron chi connectivity index (χ3n) is 3.10. The third kappa shape index (κ3) is 3.09. The lowest BCUT2D eigenvalue weighted by Crippen LogP contribution is -2.34. The number of hydrogen-bond donors (Lipinski definition) is 0. The predicted octanol–water partition coefficient (Wildman–Crippen LogP) is 2.07. The zero-order valence-electron chi connectivity index (χ0n) is 10.9. The van der Waals surface area contributed by atoms with Crippen LogP contribution in [-0.4, -0.2) is 26.2 Å². The molecule has 0 N–H and O–H groups in total. The second-order valence-electron chi connectivity index (χ2n) is 4.27. The maximum absolute atomic E-state index is 12.0. The van der Waals surface area contributed by atoms with Gasteiger partial charge in [0.05, 0.1) is 19.6 Å². The van der Waals surface area contributed by atoms with Crippen LogP contribution in [0.2, 0.25) is 0 Å². The zero-order chi connectivity index (χ0) is 13.6. The Morgan fingerprint density at radius 1 is 1.11 bits per heavy atom. The summed E-state index contributed by atoms with van der Waals surface area (Å²) in [6.07, 6.45) is 0.535. The maximum Gasteiger partial charge on any atom is 0.316 e. The van der Waals surface area contributed by atoms with Crippen molar-refractivity contribution in [3.63, 3.8) is 0 Å². The molecule has 18 heavy (non-hydrogen) atoms. The average Bonchev–Trinajstić information content (AvgIpc) is 2.44. The van der Waals surface area contributed by atoms with Gasteiger partial charge in [-0.1, -0.05) is 30.3 Å². The fourth-order valence-corrected chi connectivity index (χ4v) is 1.85. The number of hydrogen-bond acceptors (Lipinski definition) is 4. The van der Waals surface area contributed by atoms with Gasteiger partial charge in [0, 0.05) is 6.42 Å². The Balaban J connectivity index is 2.96. The molecule has 4 nitrogen and oxygen atoms in total. The fourth-order valence-electron chi connectivity index (χ4n) is 1.85. The number of carbonyl (C=O) groups is 2. The fraction of sp³-hybridized carbons (Fsp3) is 0.429. The molecule has 0 fully saturated rings. The minimum Gasteiger partial charge on any atom is -0.469 e. The van der Waals surface area contributed by atoms with Crippen molar-refractivity contribution in [1.82, 2.24) is 0 Å². The van der Waals surface area contributed by atoms with E-state index in [0.29, 0.717) is 6.42 Å². The normalized spacial score (nSPS) is 13.5. The summed E-state index contributed by atoms with van der Waals surface area (Å²) in [6.45, 7) is 1.77. The van der Waals surface area contributed by atoms with Gasteiger partial charge in [0.25, 0.3) is 0 Å². The highest BCUT2D eigenvalue weighted by molar-refractivity contribution is 5.83. The summed E-state index contributed by atoms with van der Waals surface area (Å²) in [5, 5.41) is 0. The molecule has 98 valence electrons. The van der Waals surface area contributed by atoms with Crippen LogP contribution < -0.4 is 0 Å². The molecule has 1 aromatic rings. The van der Waals surface area contributed by atoms with Gasteiger partial charge in [-0.2, -0.15) is 0 Å². The summed E-state index contributed by atoms with van der Waals surface area (Å²) in [5.74, 6) is -0.682. The molecule has 0 saturated carbocycles. The van der Waals surface area contributed by atoms with E-state index in [0.717, 1.165) is 5.56 Å². The average molecular weight is 250 g/mol. The molecular formula is C14H18O4. The Kier molecular flexibility index (Phi) is 4.89. The lowest BCUT2D eigenvalue weighted by atomic mass is 9.78. The SMILES string of the molecule is COC(=O)CC[C@](C)(C(=O)OC)c1ccccc1. The summed E-state index contributed by atoms with van der Waals surface area (Å²) >= 11 is 0. The lowest BCUT2D eigenvalue weighted by molar-refractivity contribution is -0.148. The predicted molar refractivity (Wildman–Crippen MR) is 67.1 cm³/mol. The van der Waals surface area contributed by atoms with Crippen LogP contribution in [0.3, 0.4) is 0 Å². The van der Waals surface area contributed by atoms with E-state index in [1.165, 1.54) is 14.2 Å². The molecule has 0 amide bonds. The van der Waals surface area contributed by atoms with Gasteiger partial charge in [-0.05, 0) is 18.9 Å². The molecule has 0 aliphatic rings. The van der Waals surface area contributed by atoms with E-state index in [4.69, 9.17) is 4.74 Å². The second-order valence-corrected chi connectivity index (χ2v) is 4.27. The highest BCUT2D eigenvalue weighted by Crippen LogP contribution is 2.30. The molecule has 0 aromatic heterocycles. The molecule has 0 bridgehead atoms. The van der Waals surface area contributed by atoms with Crippen LogP contribution in [0.15, 0.2) is 30.3 Å². The molecule has 0 unspecified atom stereocenters. The van der Waals surface area contributed by atoms with Crippen LogP contribution in [0.1, 0.15) is 25.3 Å². The van der Waals surface area contributed by atoms with Gasteiger partial charge in [0.1, 0.15) is 0 Å². The molecular weight excluding hydrogens is 232 g/mol. The molecule has 0 radical (unpaired) electrons. The van der Waals surface area contributed by atoms with Gasteiger partial charge in [-0.25, -0.2) is 0 Å². The van der Waals surface area contributed by atoms with Gasteiger partial charge in [-0.3, -0.25) is 9.59 Å². The van der Waals surface area contributed by atoms with E-state index in [2.05, 4.69) is 4.74 Å². The van der Waals surface area contributed by atoms with Crippen LogP contribution in [-0.2, 0) is 24.5 Å². The molecule has 0 aliphatic carbocycles.